The van der Waals surface area contributed by atoms with E-state index in [1.54, 1.807) is 0 Å². The van der Waals surface area contributed by atoms with Gasteiger partial charge in [0.05, 0.1) is 0 Å². The Morgan fingerprint density at radius 3 is 2.12 bits per heavy atom. The second kappa shape index (κ2) is 5.73. The zero-order valence-electron chi connectivity index (χ0n) is 12.2. The SMILES string of the molecule is CCCC1CCC(N2CCC(C)(C)CC2)CC1. The van der Waals surface area contributed by atoms with Crippen LogP contribution in [-0.2, 0) is 0 Å². The molecule has 1 saturated heterocycles. The first-order chi connectivity index (χ1) is 8.11. The Morgan fingerprint density at radius 1 is 1.00 bits per heavy atom. The van der Waals surface area contributed by atoms with E-state index in [9.17, 15) is 0 Å². The van der Waals surface area contributed by atoms with Crippen molar-refractivity contribution in [1.82, 2.24) is 4.90 Å². The first kappa shape index (κ1) is 13.4. The summed E-state index contributed by atoms with van der Waals surface area (Å²) in [6.45, 7) is 9.91. The molecule has 0 N–H and O–H groups in total. The fourth-order valence-corrected chi connectivity index (χ4v) is 3.70. The van der Waals surface area contributed by atoms with E-state index in [2.05, 4.69) is 25.7 Å². The molecule has 2 fully saturated rings. The standard InChI is InChI=1S/C16H31N/c1-4-5-14-6-8-15(9-7-14)17-12-10-16(2,3)11-13-17/h14-15H,4-13H2,1-3H3. The fraction of sp³-hybridized carbons (Fsp3) is 1.00. The van der Waals surface area contributed by atoms with Crippen molar-refractivity contribution in [3.8, 4) is 0 Å². The molecule has 2 aliphatic rings. The molecule has 0 spiro atoms. The highest BCUT2D eigenvalue weighted by Crippen LogP contribution is 2.35. The Labute approximate surface area is 108 Å². The van der Waals surface area contributed by atoms with Gasteiger partial charge in [-0.3, -0.25) is 0 Å². The maximum Gasteiger partial charge on any atom is 0.00954 e. The molecule has 0 amide bonds. The summed E-state index contributed by atoms with van der Waals surface area (Å²) in [7, 11) is 0. The second-order valence-electron chi connectivity index (χ2n) is 7.16. The van der Waals surface area contributed by atoms with Gasteiger partial charge in [0.15, 0.2) is 0 Å². The largest absolute Gasteiger partial charge is 0.300 e. The minimum Gasteiger partial charge on any atom is -0.300 e. The maximum absolute atomic E-state index is 2.80. The van der Waals surface area contributed by atoms with Crippen LogP contribution >= 0.6 is 0 Å². The highest BCUT2D eigenvalue weighted by Gasteiger charge is 2.31. The zero-order chi connectivity index (χ0) is 12.3. The fourth-order valence-electron chi connectivity index (χ4n) is 3.70. The summed E-state index contributed by atoms with van der Waals surface area (Å²) in [6.07, 6.45) is 11.6. The van der Waals surface area contributed by atoms with Gasteiger partial charge in [-0.15, -0.1) is 0 Å². The van der Waals surface area contributed by atoms with E-state index in [0.29, 0.717) is 5.41 Å². The zero-order valence-corrected chi connectivity index (χ0v) is 12.2. The maximum atomic E-state index is 2.80. The van der Waals surface area contributed by atoms with Crippen LogP contribution in [0.2, 0.25) is 0 Å². The number of hydrogen-bond acceptors (Lipinski definition) is 1. The molecule has 1 heteroatoms. The molecule has 0 aromatic rings. The summed E-state index contributed by atoms with van der Waals surface area (Å²) < 4.78 is 0. The van der Waals surface area contributed by atoms with Crippen molar-refractivity contribution < 1.29 is 0 Å². The Balaban J connectivity index is 1.74. The van der Waals surface area contributed by atoms with Gasteiger partial charge in [-0.05, 0) is 62.9 Å². The molecular weight excluding hydrogens is 206 g/mol. The first-order valence-electron chi connectivity index (χ1n) is 7.85. The normalized spacial score (nSPS) is 34.8. The Bertz CT molecular complexity index is 216. The van der Waals surface area contributed by atoms with Gasteiger partial charge in [0, 0.05) is 6.04 Å². The molecule has 0 aromatic carbocycles. The van der Waals surface area contributed by atoms with Crippen molar-refractivity contribution in [3.05, 3.63) is 0 Å². The van der Waals surface area contributed by atoms with Crippen molar-refractivity contribution in [1.29, 1.82) is 0 Å². The molecule has 2 rings (SSSR count). The van der Waals surface area contributed by atoms with Gasteiger partial charge in [-0.1, -0.05) is 33.6 Å². The summed E-state index contributed by atoms with van der Waals surface area (Å²) in [4.78, 5) is 2.80. The molecule has 1 nitrogen and oxygen atoms in total. The van der Waals surface area contributed by atoms with Gasteiger partial charge in [0.25, 0.3) is 0 Å². The van der Waals surface area contributed by atoms with Gasteiger partial charge in [-0.25, -0.2) is 0 Å². The van der Waals surface area contributed by atoms with Crippen molar-refractivity contribution in [2.24, 2.45) is 11.3 Å². The molecule has 1 heterocycles. The quantitative estimate of drug-likeness (QED) is 0.700. The number of piperidine rings is 1. The summed E-state index contributed by atoms with van der Waals surface area (Å²) in [5.74, 6) is 1.05. The van der Waals surface area contributed by atoms with Gasteiger partial charge in [-0.2, -0.15) is 0 Å². The second-order valence-corrected chi connectivity index (χ2v) is 7.16. The summed E-state index contributed by atoms with van der Waals surface area (Å²) in [6, 6.07) is 0.930. The van der Waals surface area contributed by atoms with Gasteiger partial charge in [0.2, 0.25) is 0 Å². The molecule has 100 valence electrons. The molecule has 0 atom stereocenters. The van der Waals surface area contributed by atoms with Crippen LogP contribution in [0, 0.1) is 11.3 Å². The van der Waals surface area contributed by atoms with E-state index < -0.39 is 0 Å². The lowest BCUT2D eigenvalue weighted by atomic mass is 9.79. The monoisotopic (exact) mass is 237 g/mol. The minimum absolute atomic E-state index is 0.607. The van der Waals surface area contributed by atoms with E-state index in [0.717, 1.165) is 12.0 Å². The van der Waals surface area contributed by atoms with Crippen LogP contribution in [0.25, 0.3) is 0 Å². The van der Waals surface area contributed by atoms with Gasteiger partial charge in [0.1, 0.15) is 0 Å². The number of nitrogens with zero attached hydrogens (tertiary/aromatic N) is 1. The van der Waals surface area contributed by atoms with Crippen molar-refractivity contribution >= 4 is 0 Å². The Morgan fingerprint density at radius 2 is 1.59 bits per heavy atom. The third-order valence-corrected chi connectivity index (χ3v) is 5.18. The Kier molecular flexibility index (Phi) is 4.52. The number of hydrogen-bond donors (Lipinski definition) is 0. The van der Waals surface area contributed by atoms with Crippen LogP contribution < -0.4 is 0 Å². The van der Waals surface area contributed by atoms with Crippen molar-refractivity contribution in [2.75, 3.05) is 13.1 Å². The molecule has 1 saturated carbocycles. The highest BCUT2D eigenvalue weighted by atomic mass is 15.2. The molecule has 0 unspecified atom stereocenters. The van der Waals surface area contributed by atoms with Crippen LogP contribution in [0.4, 0.5) is 0 Å². The molecule has 1 aliphatic heterocycles. The summed E-state index contributed by atoms with van der Waals surface area (Å²) in [5, 5.41) is 0. The lowest BCUT2D eigenvalue weighted by Crippen LogP contribution is -2.45. The smallest absolute Gasteiger partial charge is 0.00954 e. The van der Waals surface area contributed by atoms with E-state index in [1.807, 2.05) is 0 Å². The molecule has 0 bridgehead atoms. The van der Waals surface area contributed by atoms with E-state index >= 15 is 0 Å². The molecule has 17 heavy (non-hydrogen) atoms. The van der Waals surface area contributed by atoms with Gasteiger partial charge >= 0.3 is 0 Å². The minimum atomic E-state index is 0.607. The lowest BCUT2D eigenvalue weighted by Gasteiger charge is -2.43. The van der Waals surface area contributed by atoms with Crippen LogP contribution in [-0.4, -0.2) is 24.0 Å². The average Bonchev–Trinajstić information content (AvgIpc) is 2.31. The predicted molar refractivity (Wildman–Crippen MR) is 75.2 cm³/mol. The van der Waals surface area contributed by atoms with E-state index in [1.165, 1.54) is 64.5 Å². The van der Waals surface area contributed by atoms with E-state index in [-0.39, 0.29) is 0 Å². The highest BCUT2D eigenvalue weighted by molar-refractivity contribution is 4.85. The molecule has 1 aliphatic carbocycles. The number of likely N-dealkylation sites (tertiary alicyclic amines) is 1. The third-order valence-electron chi connectivity index (χ3n) is 5.18. The molecule has 0 aromatic heterocycles. The first-order valence-corrected chi connectivity index (χ1v) is 7.85. The van der Waals surface area contributed by atoms with Gasteiger partial charge < -0.3 is 4.90 Å². The Hall–Kier alpha value is -0.0400. The summed E-state index contributed by atoms with van der Waals surface area (Å²) in [5.41, 5.74) is 0.607. The van der Waals surface area contributed by atoms with Crippen LogP contribution in [0.3, 0.4) is 0 Å². The number of rotatable bonds is 3. The van der Waals surface area contributed by atoms with Crippen LogP contribution in [0.5, 0.6) is 0 Å². The van der Waals surface area contributed by atoms with Crippen LogP contribution in [0.1, 0.15) is 72.1 Å². The molecule has 0 radical (unpaired) electrons. The van der Waals surface area contributed by atoms with E-state index in [4.69, 9.17) is 0 Å². The predicted octanol–water partition coefficient (Wildman–Crippen LogP) is 4.47. The lowest BCUT2D eigenvalue weighted by molar-refractivity contribution is 0.0668. The van der Waals surface area contributed by atoms with Crippen molar-refractivity contribution in [2.45, 2.75) is 78.2 Å². The third kappa shape index (κ3) is 3.71. The average molecular weight is 237 g/mol. The topological polar surface area (TPSA) is 3.24 Å². The summed E-state index contributed by atoms with van der Waals surface area (Å²) >= 11 is 0. The van der Waals surface area contributed by atoms with Crippen LogP contribution in [0.15, 0.2) is 0 Å². The molecular formula is C16H31N. The van der Waals surface area contributed by atoms with Crippen molar-refractivity contribution in [3.63, 3.8) is 0 Å².